The van der Waals surface area contributed by atoms with Gasteiger partial charge in [-0.15, -0.1) is 6.08 Å². The van der Waals surface area contributed by atoms with E-state index in [-0.39, 0.29) is 32.7 Å². The summed E-state index contributed by atoms with van der Waals surface area (Å²) in [5.41, 5.74) is 1.56. The molecule has 0 nitrogen and oxygen atoms in total. The van der Waals surface area contributed by atoms with Crippen molar-refractivity contribution in [2.75, 3.05) is 0 Å². The first-order valence-corrected chi connectivity index (χ1v) is 4.07. The summed E-state index contributed by atoms with van der Waals surface area (Å²) in [6.07, 6.45) is 9.41. The predicted molar refractivity (Wildman–Crippen MR) is 47.6 cm³/mol. The van der Waals surface area contributed by atoms with Crippen LogP contribution >= 0.6 is 0 Å². The molecule has 0 aromatic heterocycles. The molecule has 1 aliphatic carbocycles. The summed E-state index contributed by atoms with van der Waals surface area (Å²) in [6, 6.07) is 0. The average Bonchev–Trinajstić information content (AvgIpc) is 1.91. The van der Waals surface area contributed by atoms with Crippen LogP contribution in [0.25, 0.3) is 0 Å². The van der Waals surface area contributed by atoms with E-state index in [9.17, 15) is 0 Å². The Kier molecular flexibility index (Phi) is 14.2. The molecule has 0 aliphatic heterocycles. The molecule has 0 aromatic carbocycles. The van der Waals surface area contributed by atoms with Crippen LogP contribution in [0, 0.1) is 13.3 Å². The normalized spacial score (nSPS) is 15.4. The molecule has 0 amide bonds. The Balaban J connectivity index is 0. The summed E-state index contributed by atoms with van der Waals surface area (Å²) in [4.78, 5) is 0. The van der Waals surface area contributed by atoms with Gasteiger partial charge in [0.05, 0.1) is 0 Å². The Labute approximate surface area is 96.7 Å². The van der Waals surface area contributed by atoms with Gasteiger partial charge in [-0.05, 0) is 6.92 Å². The topological polar surface area (TPSA) is 0 Å². The van der Waals surface area contributed by atoms with Crippen molar-refractivity contribution in [1.29, 1.82) is 0 Å². The number of hydrogen-bond acceptors (Lipinski definition) is 0. The Morgan fingerprint density at radius 1 is 1.64 bits per heavy atom. The summed E-state index contributed by atoms with van der Waals surface area (Å²) in [5, 5.41) is 0. The summed E-state index contributed by atoms with van der Waals surface area (Å²) in [5.74, 6) is 0. The maximum absolute atomic E-state index is 3.49. The van der Waals surface area contributed by atoms with E-state index in [1.165, 1.54) is 19.3 Å². The zero-order valence-electron chi connectivity index (χ0n) is 7.77. The van der Waals surface area contributed by atoms with Crippen LogP contribution in [0.2, 0.25) is 0 Å². The van der Waals surface area contributed by atoms with Crippen molar-refractivity contribution in [3.63, 3.8) is 0 Å². The van der Waals surface area contributed by atoms with Gasteiger partial charge in [-0.3, -0.25) is 0 Å². The summed E-state index contributed by atoms with van der Waals surface area (Å²) in [7, 11) is 0. The quantitative estimate of drug-likeness (QED) is 0.438. The van der Waals surface area contributed by atoms with Crippen molar-refractivity contribution >= 4 is 0 Å². The molecule has 63 valence electrons. The van der Waals surface area contributed by atoms with Gasteiger partial charge in [0.1, 0.15) is 0 Å². The first-order valence-electron chi connectivity index (χ1n) is 4.07. The Hall–Kier alpha value is 0.844. The van der Waals surface area contributed by atoms with Gasteiger partial charge in [0.25, 0.3) is 0 Å². The molecule has 1 radical (unpaired) electrons. The smallest absolute Gasteiger partial charge is 0 e. The monoisotopic (exact) mass is 227 g/mol. The Bertz CT molecular complexity index is 95.0. The predicted octanol–water partition coefficient (Wildman–Crippen LogP) is 3.55. The summed E-state index contributed by atoms with van der Waals surface area (Å²) in [6.45, 7) is 7.70. The second-order valence-corrected chi connectivity index (χ2v) is 2.61. The van der Waals surface area contributed by atoms with Crippen LogP contribution in [0.5, 0.6) is 0 Å². The van der Waals surface area contributed by atoms with Gasteiger partial charge in [-0.25, -0.2) is 0 Å². The van der Waals surface area contributed by atoms with Crippen LogP contribution in [-0.4, -0.2) is 0 Å². The van der Waals surface area contributed by atoms with Crippen molar-refractivity contribution < 1.29 is 32.7 Å². The van der Waals surface area contributed by atoms with E-state index in [2.05, 4.69) is 26.3 Å². The minimum Gasteiger partial charge on any atom is -0.344 e. The van der Waals surface area contributed by atoms with Gasteiger partial charge in [0, 0.05) is 32.7 Å². The Morgan fingerprint density at radius 3 is 2.36 bits per heavy atom. The molecule has 0 heterocycles. The SMILES string of the molecule is CC1=CC[CH-]CC1.[CH2-]CC.[Y]. The van der Waals surface area contributed by atoms with E-state index in [1.807, 2.05) is 6.92 Å². The van der Waals surface area contributed by atoms with Crippen LogP contribution in [0.1, 0.15) is 39.5 Å². The van der Waals surface area contributed by atoms with E-state index in [4.69, 9.17) is 0 Å². The first kappa shape index (κ1) is 14.4. The molecule has 0 spiro atoms. The average molecular weight is 227 g/mol. The largest absolute Gasteiger partial charge is 0.344 e. The maximum atomic E-state index is 3.49. The fourth-order valence-corrected chi connectivity index (χ4v) is 0.834. The molecular formula is C10H18Y-2. The van der Waals surface area contributed by atoms with Crippen molar-refractivity contribution in [3.05, 3.63) is 25.0 Å². The molecule has 0 fully saturated rings. The van der Waals surface area contributed by atoms with Gasteiger partial charge in [-0.1, -0.05) is 18.9 Å². The Morgan fingerprint density at radius 2 is 2.18 bits per heavy atom. The fourth-order valence-electron chi connectivity index (χ4n) is 0.834. The van der Waals surface area contributed by atoms with Gasteiger partial charge < -0.3 is 13.3 Å². The molecule has 1 aliphatic rings. The van der Waals surface area contributed by atoms with E-state index in [0.717, 1.165) is 6.42 Å². The maximum Gasteiger partial charge on any atom is 0 e. The molecule has 0 unspecified atom stereocenters. The molecule has 1 rings (SSSR count). The second-order valence-electron chi connectivity index (χ2n) is 2.61. The van der Waals surface area contributed by atoms with Crippen LogP contribution < -0.4 is 0 Å². The molecule has 11 heavy (non-hydrogen) atoms. The third-order valence-electron chi connectivity index (χ3n) is 1.38. The molecule has 0 saturated heterocycles. The van der Waals surface area contributed by atoms with Crippen LogP contribution in [0.3, 0.4) is 0 Å². The zero-order chi connectivity index (χ0) is 7.82. The molecule has 0 N–H and O–H groups in total. The van der Waals surface area contributed by atoms with E-state index in [0.29, 0.717) is 0 Å². The standard InChI is InChI=1S/C7H11.C3H7.Y/c1-7-5-3-2-4-6-7;1-3-2;/h2,5H,3-4,6H2,1H3;1,3H2,2H3;/q2*-1;. The van der Waals surface area contributed by atoms with E-state index in [1.54, 1.807) is 5.57 Å². The third-order valence-corrected chi connectivity index (χ3v) is 1.38. The molecule has 0 atom stereocenters. The second kappa shape index (κ2) is 10.8. The van der Waals surface area contributed by atoms with Gasteiger partial charge in [0.15, 0.2) is 0 Å². The van der Waals surface area contributed by atoms with Crippen molar-refractivity contribution in [1.82, 2.24) is 0 Å². The molecule has 0 aromatic rings. The van der Waals surface area contributed by atoms with Crippen molar-refractivity contribution in [2.45, 2.75) is 39.5 Å². The minimum atomic E-state index is 0. The molecule has 0 saturated carbocycles. The number of hydrogen-bond donors (Lipinski definition) is 0. The van der Waals surface area contributed by atoms with Crippen molar-refractivity contribution in [3.8, 4) is 0 Å². The molecule has 0 bridgehead atoms. The van der Waals surface area contributed by atoms with Crippen molar-refractivity contribution in [2.24, 2.45) is 0 Å². The zero-order valence-corrected chi connectivity index (χ0v) is 10.6. The fraction of sp³-hybridized carbons (Fsp3) is 0.600. The minimum absolute atomic E-state index is 0. The first-order chi connectivity index (χ1) is 4.81. The summed E-state index contributed by atoms with van der Waals surface area (Å²) < 4.78 is 0. The molecule has 1 heteroatoms. The van der Waals surface area contributed by atoms with E-state index >= 15 is 0 Å². The number of rotatable bonds is 0. The third kappa shape index (κ3) is 10.8. The van der Waals surface area contributed by atoms with Crippen LogP contribution in [-0.2, 0) is 32.7 Å². The number of allylic oxidation sites excluding steroid dienone is 2. The molecular weight excluding hydrogens is 209 g/mol. The summed E-state index contributed by atoms with van der Waals surface area (Å²) >= 11 is 0. The van der Waals surface area contributed by atoms with Gasteiger partial charge in [0.2, 0.25) is 0 Å². The van der Waals surface area contributed by atoms with E-state index < -0.39 is 0 Å². The van der Waals surface area contributed by atoms with Gasteiger partial charge >= 0.3 is 0 Å². The van der Waals surface area contributed by atoms with Gasteiger partial charge in [-0.2, -0.15) is 19.3 Å². The van der Waals surface area contributed by atoms with Crippen LogP contribution in [0.15, 0.2) is 11.6 Å². The van der Waals surface area contributed by atoms with Crippen LogP contribution in [0.4, 0.5) is 0 Å².